The van der Waals surface area contributed by atoms with Crippen molar-refractivity contribution in [2.24, 2.45) is 0 Å². The van der Waals surface area contributed by atoms with E-state index in [0.29, 0.717) is 13.0 Å². The second-order valence-corrected chi connectivity index (χ2v) is 6.27. The summed E-state index contributed by atoms with van der Waals surface area (Å²) in [6.07, 6.45) is 1.31. The second-order valence-electron chi connectivity index (χ2n) is 5.07. The Morgan fingerprint density at radius 2 is 2.09 bits per heavy atom. The number of rotatable bonds is 7. The molecule has 0 bridgehead atoms. The molecule has 23 heavy (non-hydrogen) atoms. The van der Waals surface area contributed by atoms with Gasteiger partial charge in [0, 0.05) is 28.9 Å². The molecule has 130 valence electrons. The summed E-state index contributed by atoms with van der Waals surface area (Å²) >= 11 is 1.68. The summed E-state index contributed by atoms with van der Waals surface area (Å²) < 4.78 is 4.54. The molecule has 0 aliphatic heterocycles. The van der Waals surface area contributed by atoms with E-state index in [1.165, 1.54) is 18.4 Å². The predicted octanol–water partition coefficient (Wildman–Crippen LogP) is 3.97. The van der Waals surface area contributed by atoms with Gasteiger partial charge in [-0.2, -0.15) is 5.26 Å². The van der Waals surface area contributed by atoms with Crippen molar-refractivity contribution in [3.8, 4) is 6.07 Å². The lowest BCUT2D eigenvalue weighted by atomic mass is 10.2. The van der Waals surface area contributed by atoms with Gasteiger partial charge in [0.25, 0.3) is 0 Å². The van der Waals surface area contributed by atoms with Crippen LogP contribution < -0.4 is 5.32 Å². The highest BCUT2D eigenvalue weighted by Crippen LogP contribution is 2.27. The highest BCUT2D eigenvalue weighted by atomic mass is 32.1. The number of carbonyl (C=O) groups excluding carboxylic acids is 1. The summed E-state index contributed by atoms with van der Waals surface area (Å²) in [5.74, 6) is 0. The Balaban J connectivity index is 0.00000149. The maximum absolute atomic E-state index is 11.0. The third-order valence-electron chi connectivity index (χ3n) is 3.16. The minimum atomic E-state index is -0.402. The van der Waals surface area contributed by atoms with Gasteiger partial charge in [0.05, 0.1) is 19.6 Å². The van der Waals surface area contributed by atoms with Crippen molar-refractivity contribution in [1.82, 2.24) is 10.2 Å². The SMILES string of the molecule is CCC.CCN(CCNC(=O)OC)C(C)c1ccc(CC#N)s1. The van der Waals surface area contributed by atoms with Crippen LogP contribution in [0.2, 0.25) is 0 Å². The van der Waals surface area contributed by atoms with Crippen molar-refractivity contribution in [2.75, 3.05) is 26.7 Å². The summed E-state index contributed by atoms with van der Waals surface area (Å²) in [7, 11) is 1.36. The maximum atomic E-state index is 11.0. The van der Waals surface area contributed by atoms with Crippen LogP contribution in [0.4, 0.5) is 4.79 Å². The van der Waals surface area contributed by atoms with Gasteiger partial charge in [0.2, 0.25) is 0 Å². The topological polar surface area (TPSA) is 65.4 Å². The van der Waals surface area contributed by atoms with Gasteiger partial charge in [-0.15, -0.1) is 11.3 Å². The summed E-state index contributed by atoms with van der Waals surface area (Å²) in [5.41, 5.74) is 0. The molecule has 1 rings (SSSR count). The molecule has 1 N–H and O–H groups in total. The van der Waals surface area contributed by atoms with Gasteiger partial charge in [-0.05, 0) is 25.6 Å². The number of amides is 1. The molecule has 1 aromatic heterocycles. The van der Waals surface area contributed by atoms with E-state index >= 15 is 0 Å². The molecule has 0 spiro atoms. The molecule has 1 unspecified atom stereocenters. The number of nitriles is 1. The molecule has 0 aliphatic carbocycles. The van der Waals surface area contributed by atoms with Gasteiger partial charge < -0.3 is 10.1 Å². The summed E-state index contributed by atoms with van der Waals surface area (Å²) in [5, 5.41) is 11.4. The molecule has 1 heterocycles. The van der Waals surface area contributed by atoms with Crippen LogP contribution in [0.25, 0.3) is 0 Å². The molecular formula is C17H29N3O2S. The van der Waals surface area contributed by atoms with E-state index in [-0.39, 0.29) is 6.04 Å². The average molecular weight is 340 g/mol. The van der Waals surface area contributed by atoms with E-state index in [9.17, 15) is 4.79 Å². The number of likely N-dealkylation sites (N-methyl/N-ethyl adjacent to an activating group) is 1. The highest BCUT2D eigenvalue weighted by molar-refractivity contribution is 7.12. The fourth-order valence-electron chi connectivity index (χ4n) is 1.97. The quantitative estimate of drug-likeness (QED) is 0.816. The van der Waals surface area contributed by atoms with Gasteiger partial charge in [-0.25, -0.2) is 4.79 Å². The van der Waals surface area contributed by atoms with Crippen LogP contribution in [0.5, 0.6) is 0 Å². The first-order valence-electron chi connectivity index (χ1n) is 8.05. The van der Waals surface area contributed by atoms with Crippen molar-refractivity contribution >= 4 is 17.4 Å². The monoisotopic (exact) mass is 339 g/mol. The number of ether oxygens (including phenoxy) is 1. The number of hydrogen-bond donors (Lipinski definition) is 1. The van der Waals surface area contributed by atoms with Gasteiger partial charge >= 0.3 is 6.09 Å². The first-order valence-corrected chi connectivity index (χ1v) is 8.86. The van der Waals surface area contributed by atoms with Gasteiger partial charge in [0.1, 0.15) is 0 Å². The first-order chi connectivity index (χ1) is 11.0. The molecule has 0 saturated carbocycles. The molecule has 1 aromatic rings. The fourth-order valence-corrected chi connectivity index (χ4v) is 3.00. The number of nitrogens with zero attached hydrogens (tertiary/aromatic N) is 2. The number of carbonyl (C=O) groups is 1. The minimum Gasteiger partial charge on any atom is -0.453 e. The van der Waals surface area contributed by atoms with E-state index in [2.05, 4.69) is 54.8 Å². The normalized spacial score (nSPS) is 11.2. The number of methoxy groups -OCH3 is 1. The molecule has 0 radical (unpaired) electrons. The Kier molecular flexibility index (Phi) is 12.0. The van der Waals surface area contributed by atoms with Crippen LogP contribution in [0.15, 0.2) is 12.1 Å². The molecule has 0 fully saturated rings. The molecule has 6 heteroatoms. The van der Waals surface area contributed by atoms with E-state index < -0.39 is 6.09 Å². The lowest BCUT2D eigenvalue weighted by Gasteiger charge is -2.27. The molecule has 1 atom stereocenters. The third-order valence-corrected chi connectivity index (χ3v) is 4.41. The number of alkyl carbamates (subject to hydrolysis) is 1. The van der Waals surface area contributed by atoms with Crippen LogP contribution >= 0.6 is 11.3 Å². The number of hydrogen-bond acceptors (Lipinski definition) is 5. The van der Waals surface area contributed by atoms with Crippen LogP contribution in [-0.2, 0) is 11.2 Å². The van der Waals surface area contributed by atoms with Crippen LogP contribution in [0.3, 0.4) is 0 Å². The minimum absolute atomic E-state index is 0.275. The maximum Gasteiger partial charge on any atom is 0.406 e. The van der Waals surface area contributed by atoms with Crippen LogP contribution in [0, 0.1) is 11.3 Å². The van der Waals surface area contributed by atoms with Gasteiger partial charge in [-0.1, -0.05) is 27.2 Å². The van der Waals surface area contributed by atoms with E-state index in [4.69, 9.17) is 5.26 Å². The zero-order valence-electron chi connectivity index (χ0n) is 14.9. The average Bonchev–Trinajstić information content (AvgIpc) is 3.00. The molecule has 0 aromatic carbocycles. The molecule has 1 amide bonds. The van der Waals surface area contributed by atoms with E-state index in [0.717, 1.165) is 18.0 Å². The largest absolute Gasteiger partial charge is 0.453 e. The highest BCUT2D eigenvalue weighted by Gasteiger charge is 2.16. The standard InChI is InChI=1S/C14H21N3O2S.C3H8/c1-4-17(10-9-16-14(18)19-3)11(2)13-6-5-12(20-13)7-8-15;1-3-2/h5-6,11H,4,7,9-10H2,1-3H3,(H,16,18);3H2,1-2H3. The van der Waals surface area contributed by atoms with Crippen molar-refractivity contribution < 1.29 is 9.53 Å². The summed E-state index contributed by atoms with van der Waals surface area (Å²) in [6.45, 7) is 10.7. The summed E-state index contributed by atoms with van der Waals surface area (Å²) in [6, 6.07) is 6.54. The number of nitrogens with one attached hydrogen (secondary N) is 1. The predicted molar refractivity (Wildman–Crippen MR) is 95.7 cm³/mol. The Morgan fingerprint density at radius 1 is 1.43 bits per heavy atom. The zero-order valence-corrected chi connectivity index (χ0v) is 15.7. The lowest BCUT2D eigenvalue weighted by molar-refractivity contribution is 0.166. The van der Waals surface area contributed by atoms with E-state index in [1.807, 2.05) is 6.07 Å². The zero-order chi connectivity index (χ0) is 17.7. The van der Waals surface area contributed by atoms with E-state index in [1.54, 1.807) is 11.3 Å². The Morgan fingerprint density at radius 3 is 2.61 bits per heavy atom. The molecule has 0 aliphatic rings. The van der Waals surface area contributed by atoms with Gasteiger partial charge in [-0.3, -0.25) is 4.90 Å². The van der Waals surface area contributed by atoms with Crippen molar-refractivity contribution in [2.45, 2.75) is 46.6 Å². The lowest BCUT2D eigenvalue weighted by Crippen LogP contribution is -2.36. The van der Waals surface area contributed by atoms with Crippen molar-refractivity contribution in [1.29, 1.82) is 5.26 Å². The third kappa shape index (κ3) is 8.58. The molecule has 5 nitrogen and oxygen atoms in total. The molecule has 0 saturated heterocycles. The van der Waals surface area contributed by atoms with Crippen LogP contribution in [-0.4, -0.2) is 37.7 Å². The smallest absolute Gasteiger partial charge is 0.406 e. The summed E-state index contributed by atoms with van der Waals surface area (Å²) in [4.78, 5) is 15.6. The Hall–Kier alpha value is -1.58. The Labute approximate surface area is 144 Å². The number of thiophene rings is 1. The molecular weight excluding hydrogens is 310 g/mol. The first kappa shape index (κ1) is 21.4. The fraction of sp³-hybridized carbons (Fsp3) is 0.647. The van der Waals surface area contributed by atoms with Gasteiger partial charge in [0.15, 0.2) is 0 Å². The second kappa shape index (κ2) is 12.9. The van der Waals surface area contributed by atoms with Crippen molar-refractivity contribution in [3.63, 3.8) is 0 Å². The van der Waals surface area contributed by atoms with Crippen LogP contribution in [0.1, 0.15) is 49.9 Å². The van der Waals surface area contributed by atoms with Crippen molar-refractivity contribution in [3.05, 3.63) is 21.9 Å². The Bertz CT molecular complexity index is 482.